The molecule has 3 nitrogen and oxygen atoms in total. The van der Waals surface area contributed by atoms with Gasteiger partial charge >= 0.3 is 0 Å². The van der Waals surface area contributed by atoms with Gasteiger partial charge in [0, 0.05) is 12.6 Å². The second kappa shape index (κ2) is 4.98. The Morgan fingerprint density at radius 1 is 1.43 bits per heavy atom. The van der Waals surface area contributed by atoms with E-state index in [2.05, 4.69) is 4.90 Å². The molecule has 0 heterocycles. The fraction of sp³-hybridized carbons (Fsp3) is 0.455. The number of nitrogens with zero attached hydrogens (tertiary/aromatic N) is 1. The maximum Gasteiger partial charge on any atom is 0.115 e. The summed E-state index contributed by atoms with van der Waals surface area (Å²) in [6, 6.07) is 7.65. The van der Waals surface area contributed by atoms with Crippen molar-refractivity contribution in [2.24, 2.45) is 5.73 Å². The van der Waals surface area contributed by atoms with Crippen LogP contribution in [0, 0.1) is 0 Å². The molecule has 0 fully saturated rings. The molecule has 1 aromatic rings. The fourth-order valence-corrected chi connectivity index (χ4v) is 1.43. The highest BCUT2D eigenvalue weighted by atomic mass is 16.3. The summed E-state index contributed by atoms with van der Waals surface area (Å²) in [5.41, 5.74) is 6.78. The highest BCUT2D eigenvalue weighted by Gasteiger charge is 2.09. The third-order valence-corrected chi connectivity index (χ3v) is 2.38. The third kappa shape index (κ3) is 3.01. The molecular formula is C11H18N2O. The van der Waals surface area contributed by atoms with E-state index in [1.165, 1.54) is 0 Å². The number of benzene rings is 1. The molecule has 1 rings (SSSR count). The Labute approximate surface area is 85.2 Å². The van der Waals surface area contributed by atoms with Crippen molar-refractivity contribution in [2.75, 3.05) is 20.6 Å². The fourth-order valence-electron chi connectivity index (χ4n) is 1.43. The molecule has 1 unspecified atom stereocenters. The molecule has 0 saturated carbocycles. The molecule has 3 heteroatoms. The van der Waals surface area contributed by atoms with Crippen molar-refractivity contribution in [3.05, 3.63) is 29.8 Å². The Morgan fingerprint density at radius 3 is 2.64 bits per heavy atom. The number of aromatic hydroxyl groups is 1. The average Bonchev–Trinajstić information content (AvgIpc) is 2.14. The number of rotatable bonds is 4. The van der Waals surface area contributed by atoms with E-state index in [-0.39, 0.29) is 0 Å². The smallest absolute Gasteiger partial charge is 0.115 e. The van der Waals surface area contributed by atoms with Crippen molar-refractivity contribution in [3.8, 4) is 5.75 Å². The average molecular weight is 194 g/mol. The summed E-state index contributed by atoms with van der Waals surface area (Å²) in [4.78, 5) is 2.10. The summed E-state index contributed by atoms with van der Waals surface area (Å²) < 4.78 is 0. The summed E-state index contributed by atoms with van der Waals surface area (Å²) in [6.45, 7) is 0.628. The molecule has 0 amide bonds. The van der Waals surface area contributed by atoms with E-state index in [0.29, 0.717) is 18.3 Å². The first-order valence-corrected chi connectivity index (χ1v) is 4.78. The van der Waals surface area contributed by atoms with Crippen LogP contribution in [0.3, 0.4) is 0 Å². The first kappa shape index (κ1) is 11.0. The van der Waals surface area contributed by atoms with Gasteiger partial charge in [0.25, 0.3) is 0 Å². The summed E-state index contributed by atoms with van der Waals surface area (Å²) in [7, 11) is 4.03. The van der Waals surface area contributed by atoms with Crippen LogP contribution in [-0.2, 0) is 6.42 Å². The van der Waals surface area contributed by atoms with E-state index in [9.17, 15) is 5.11 Å². The van der Waals surface area contributed by atoms with Crippen LogP contribution in [0.15, 0.2) is 24.3 Å². The van der Waals surface area contributed by atoms with Gasteiger partial charge in [-0.1, -0.05) is 12.1 Å². The Kier molecular flexibility index (Phi) is 3.92. The van der Waals surface area contributed by atoms with Crippen LogP contribution in [0.25, 0.3) is 0 Å². The van der Waals surface area contributed by atoms with Crippen LogP contribution >= 0.6 is 0 Å². The number of likely N-dealkylation sites (N-methyl/N-ethyl adjacent to an activating group) is 1. The third-order valence-electron chi connectivity index (χ3n) is 2.38. The van der Waals surface area contributed by atoms with Gasteiger partial charge in [0.1, 0.15) is 5.75 Å². The second-order valence-electron chi connectivity index (χ2n) is 3.73. The molecule has 0 spiro atoms. The minimum Gasteiger partial charge on any atom is -0.508 e. The minimum absolute atomic E-state index is 0.317. The van der Waals surface area contributed by atoms with Crippen LogP contribution in [0.1, 0.15) is 5.56 Å². The second-order valence-corrected chi connectivity index (χ2v) is 3.73. The van der Waals surface area contributed by atoms with E-state index < -0.39 is 0 Å². The Hall–Kier alpha value is -1.06. The molecule has 1 atom stereocenters. The normalized spacial score (nSPS) is 13.1. The number of hydrogen-bond donors (Lipinski definition) is 2. The first-order chi connectivity index (χ1) is 6.63. The SMILES string of the molecule is CN(C)C(CN)Cc1cccc(O)c1. The quantitative estimate of drug-likeness (QED) is 0.746. The summed E-state index contributed by atoms with van der Waals surface area (Å²) in [5, 5.41) is 9.29. The van der Waals surface area contributed by atoms with Gasteiger partial charge in [-0.3, -0.25) is 0 Å². The number of nitrogens with two attached hydrogens (primary N) is 1. The highest BCUT2D eigenvalue weighted by molar-refractivity contribution is 5.27. The summed E-state index contributed by atoms with van der Waals surface area (Å²) >= 11 is 0. The monoisotopic (exact) mass is 194 g/mol. The maximum absolute atomic E-state index is 9.29. The lowest BCUT2D eigenvalue weighted by molar-refractivity contribution is 0.297. The number of phenolic OH excluding ortho intramolecular Hbond substituents is 1. The molecule has 0 aliphatic rings. The van der Waals surface area contributed by atoms with Crippen molar-refractivity contribution >= 4 is 0 Å². The Morgan fingerprint density at radius 2 is 2.14 bits per heavy atom. The van der Waals surface area contributed by atoms with Crippen molar-refractivity contribution in [1.82, 2.24) is 4.90 Å². The standard InChI is InChI=1S/C11H18N2O/c1-13(2)10(8-12)6-9-4-3-5-11(14)7-9/h3-5,7,10,14H,6,8,12H2,1-2H3. The van der Waals surface area contributed by atoms with Gasteiger partial charge < -0.3 is 15.7 Å². The van der Waals surface area contributed by atoms with Crippen LogP contribution in [0.2, 0.25) is 0 Å². The molecule has 0 aliphatic heterocycles. The first-order valence-electron chi connectivity index (χ1n) is 4.78. The van der Waals surface area contributed by atoms with Gasteiger partial charge in [0.15, 0.2) is 0 Å². The molecule has 0 aromatic heterocycles. The van der Waals surface area contributed by atoms with Crippen molar-refractivity contribution in [1.29, 1.82) is 0 Å². The van der Waals surface area contributed by atoms with E-state index >= 15 is 0 Å². The van der Waals surface area contributed by atoms with Crippen LogP contribution in [0.4, 0.5) is 0 Å². The van der Waals surface area contributed by atoms with Gasteiger partial charge in [-0.15, -0.1) is 0 Å². The van der Waals surface area contributed by atoms with E-state index in [4.69, 9.17) is 5.73 Å². The lowest BCUT2D eigenvalue weighted by atomic mass is 10.1. The Bertz CT molecular complexity index is 286. The predicted molar refractivity (Wildman–Crippen MR) is 58.3 cm³/mol. The zero-order chi connectivity index (χ0) is 10.6. The van der Waals surface area contributed by atoms with Gasteiger partial charge in [-0.25, -0.2) is 0 Å². The lowest BCUT2D eigenvalue weighted by Gasteiger charge is -2.22. The van der Waals surface area contributed by atoms with Crippen molar-refractivity contribution in [3.63, 3.8) is 0 Å². The van der Waals surface area contributed by atoms with E-state index in [1.54, 1.807) is 12.1 Å². The van der Waals surface area contributed by atoms with Crippen LogP contribution in [0.5, 0.6) is 5.75 Å². The van der Waals surface area contributed by atoms with E-state index in [1.807, 2.05) is 26.2 Å². The summed E-state index contributed by atoms with van der Waals surface area (Å²) in [6.07, 6.45) is 0.873. The molecule has 0 saturated heterocycles. The molecule has 1 aromatic carbocycles. The lowest BCUT2D eigenvalue weighted by Crippen LogP contribution is -2.36. The molecule has 0 aliphatic carbocycles. The van der Waals surface area contributed by atoms with Gasteiger partial charge in [-0.2, -0.15) is 0 Å². The van der Waals surface area contributed by atoms with Crippen molar-refractivity contribution < 1.29 is 5.11 Å². The minimum atomic E-state index is 0.317. The maximum atomic E-state index is 9.29. The molecule has 3 N–H and O–H groups in total. The number of phenols is 1. The largest absolute Gasteiger partial charge is 0.508 e. The zero-order valence-electron chi connectivity index (χ0n) is 8.77. The molecule has 0 radical (unpaired) electrons. The van der Waals surface area contributed by atoms with Crippen LogP contribution in [-0.4, -0.2) is 36.7 Å². The van der Waals surface area contributed by atoms with Gasteiger partial charge in [0.05, 0.1) is 0 Å². The molecule has 0 bridgehead atoms. The predicted octanol–water partition coefficient (Wildman–Crippen LogP) is 0.824. The summed E-state index contributed by atoms with van der Waals surface area (Å²) in [5.74, 6) is 0.317. The molecule has 14 heavy (non-hydrogen) atoms. The van der Waals surface area contributed by atoms with E-state index in [0.717, 1.165) is 12.0 Å². The Balaban J connectivity index is 2.67. The number of hydrogen-bond acceptors (Lipinski definition) is 3. The van der Waals surface area contributed by atoms with Crippen molar-refractivity contribution in [2.45, 2.75) is 12.5 Å². The van der Waals surface area contributed by atoms with Gasteiger partial charge in [0.2, 0.25) is 0 Å². The topological polar surface area (TPSA) is 49.5 Å². The molecule has 78 valence electrons. The highest BCUT2D eigenvalue weighted by Crippen LogP contribution is 2.13. The van der Waals surface area contributed by atoms with Gasteiger partial charge in [-0.05, 0) is 38.2 Å². The van der Waals surface area contributed by atoms with Crippen LogP contribution < -0.4 is 5.73 Å². The zero-order valence-corrected chi connectivity index (χ0v) is 8.77. The molecular weight excluding hydrogens is 176 g/mol.